The maximum absolute atomic E-state index is 12.8. The van der Waals surface area contributed by atoms with Crippen LogP contribution in [0.3, 0.4) is 0 Å². The van der Waals surface area contributed by atoms with E-state index < -0.39 is 0 Å². The van der Waals surface area contributed by atoms with Crippen LogP contribution in [0.15, 0.2) is 41.4 Å². The van der Waals surface area contributed by atoms with E-state index in [1.807, 2.05) is 24.3 Å². The number of halogens is 1. The molecule has 4 atom stereocenters. The quantitative estimate of drug-likeness (QED) is 0.171. The molecule has 2 N–H and O–H groups in total. The van der Waals surface area contributed by atoms with Gasteiger partial charge in [-0.1, -0.05) is 38.1 Å². The second-order valence-corrected chi connectivity index (χ2v) is 9.03. The molecule has 1 saturated carbocycles. The molecular formula is C24H33IN4O3. The highest BCUT2D eigenvalue weighted by Crippen LogP contribution is 2.52. The molecule has 4 unspecified atom stereocenters. The van der Waals surface area contributed by atoms with Crippen molar-refractivity contribution in [2.24, 2.45) is 34.6 Å². The standard InChI is InChI=1S/C24H32N4O3.HI/c1-15(2)14-31-19-6-4-5-16(11-19)13-27-24(25-3)26-9-10-28-22(29)20-17-7-8-18(12-17)21(20)23(28)30;/h4-8,11,15,17-18,20-21H,9-10,12-14H2,1-3H3,(H2,25,26,27);1H. The van der Waals surface area contributed by atoms with E-state index in [0.717, 1.165) is 17.7 Å². The highest BCUT2D eigenvalue weighted by Gasteiger charge is 2.58. The highest BCUT2D eigenvalue weighted by atomic mass is 127. The summed E-state index contributed by atoms with van der Waals surface area (Å²) in [6.07, 6.45) is 5.19. The number of allylic oxidation sites excluding steroid dienone is 2. The average molecular weight is 552 g/mol. The first kappa shape index (κ1) is 24.5. The van der Waals surface area contributed by atoms with Crippen LogP contribution in [0.2, 0.25) is 0 Å². The Bertz CT molecular complexity index is 871. The monoisotopic (exact) mass is 552 g/mol. The molecule has 2 aliphatic carbocycles. The van der Waals surface area contributed by atoms with Gasteiger partial charge >= 0.3 is 0 Å². The molecule has 7 nitrogen and oxygen atoms in total. The summed E-state index contributed by atoms with van der Waals surface area (Å²) in [6.45, 7) is 6.36. The van der Waals surface area contributed by atoms with Crippen LogP contribution in [0, 0.1) is 29.6 Å². The van der Waals surface area contributed by atoms with Gasteiger partial charge in [0.2, 0.25) is 11.8 Å². The Labute approximate surface area is 207 Å². The number of ether oxygens (including phenoxy) is 1. The van der Waals surface area contributed by atoms with Crippen molar-refractivity contribution in [2.75, 3.05) is 26.7 Å². The SMILES string of the molecule is CN=C(NCCN1C(=O)C2C3C=CC(C3)C2C1=O)NCc1cccc(OCC(C)C)c1.I. The maximum Gasteiger partial charge on any atom is 0.233 e. The first-order chi connectivity index (χ1) is 15.0. The van der Waals surface area contributed by atoms with Gasteiger partial charge in [0.05, 0.1) is 18.4 Å². The zero-order valence-electron chi connectivity index (χ0n) is 18.9. The largest absolute Gasteiger partial charge is 0.493 e. The number of rotatable bonds is 8. The second kappa shape index (κ2) is 10.7. The molecule has 32 heavy (non-hydrogen) atoms. The number of likely N-dealkylation sites (tertiary alicyclic amines) is 1. The Hall–Kier alpha value is -2.10. The van der Waals surface area contributed by atoms with Crippen LogP contribution in [-0.4, -0.2) is 49.4 Å². The van der Waals surface area contributed by atoms with Crippen molar-refractivity contribution < 1.29 is 14.3 Å². The van der Waals surface area contributed by atoms with Crippen LogP contribution in [-0.2, 0) is 16.1 Å². The lowest BCUT2D eigenvalue weighted by Gasteiger charge is -2.18. The van der Waals surface area contributed by atoms with E-state index in [4.69, 9.17) is 4.74 Å². The molecule has 3 aliphatic rings. The van der Waals surface area contributed by atoms with Gasteiger partial charge in [-0.25, -0.2) is 0 Å². The number of carbonyl (C=O) groups is 2. The lowest BCUT2D eigenvalue weighted by Crippen LogP contribution is -2.43. The Morgan fingerprint density at radius 3 is 2.47 bits per heavy atom. The first-order valence-electron chi connectivity index (χ1n) is 11.2. The number of guanidine groups is 1. The summed E-state index contributed by atoms with van der Waals surface area (Å²) in [5.74, 6) is 2.19. The van der Waals surface area contributed by atoms with Gasteiger partial charge < -0.3 is 15.4 Å². The summed E-state index contributed by atoms with van der Waals surface area (Å²) in [7, 11) is 1.71. The molecule has 174 valence electrons. The molecule has 1 saturated heterocycles. The molecule has 0 spiro atoms. The van der Waals surface area contributed by atoms with Gasteiger partial charge in [0.1, 0.15) is 5.75 Å². The van der Waals surface area contributed by atoms with Crippen molar-refractivity contribution in [3.05, 3.63) is 42.0 Å². The summed E-state index contributed by atoms with van der Waals surface area (Å²) >= 11 is 0. The minimum atomic E-state index is -0.134. The van der Waals surface area contributed by atoms with Crippen LogP contribution < -0.4 is 15.4 Å². The third kappa shape index (κ3) is 5.10. The van der Waals surface area contributed by atoms with Crippen molar-refractivity contribution >= 4 is 41.8 Å². The third-order valence-corrected chi connectivity index (χ3v) is 6.35. The number of nitrogens with zero attached hydrogens (tertiary/aromatic N) is 2. The fraction of sp³-hybridized carbons (Fsp3) is 0.542. The summed E-state index contributed by atoms with van der Waals surface area (Å²) in [5.41, 5.74) is 1.09. The number of hydrogen-bond donors (Lipinski definition) is 2. The molecular weight excluding hydrogens is 519 g/mol. The third-order valence-electron chi connectivity index (χ3n) is 6.35. The van der Waals surface area contributed by atoms with Gasteiger partial charge in [0.15, 0.2) is 5.96 Å². The van der Waals surface area contributed by atoms with Crippen LogP contribution in [0.25, 0.3) is 0 Å². The summed E-state index contributed by atoms with van der Waals surface area (Å²) in [5, 5.41) is 6.49. The van der Waals surface area contributed by atoms with Gasteiger partial charge in [-0.15, -0.1) is 24.0 Å². The summed E-state index contributed by atoms with van der Waals surface area (Å²) < 4.78 is 5.79. The zero-order valence-corrected chi connectivity index (χ0v) is 21.2. The van der Waals surface area contributed by atoms with E-state index >= 15 is 0 Å². The van der Waals surface area contributed by atoms with Gasteiger partial charge in [-0.05, 0) is 41.9 Å². The normalized spacial score (nSPS) is 25.9. The van der Waals surface area contributed by atoms with Crippen LogP contribution in [0.1, 0.15) is 25.8 Å². The number of fused-ring (bicyclic) bond motifs is 5. The minimum absolute atomic E-state index is 0. The zero-order chi connectivity index (χ0) is 22.0. The number of benzene rings is 1. The number of hydrogen-bond acceptors (Lipinski definition) is 4. The Morgan fingerprint density at radius 2 is 1.84 bits per heavy atom. The Kier molecular flexibility index (Phi) is 8.19. The number of nitrogens with one attached hydrogen (secondary N) is 2. The molecule has 2 amide bonds. The fourth-order valence-corrected chi connectivity index (χ4v) is 4.89. The fourth-order valence-electron chi connectivity index (χ4n) is 4.89. The van der Waals surface area contributed by atoms with Crippen molar-refractivity contribution in [3.63, 3.8) is 0 Å². The van der Waals surface area contributed by atoms with Gasteiger partial charge in [0.25, 0.3) is 0 Å². The highest BCUT2D eigenvalue weighted by molar-refractivity contribution is 14.0. The molecule has 0 aromatic heterocycles. The van der Waals surface area contributed by atoms with E-state index in [1.54, 1.807) is 7.05 Å². The summed E-state index contributed by atoms with van der Waals surface area (Å²) in [4.78, 5) is 31.2. The van der Waals surface area contributed by atoms with Crippen molar-refractivity contribution in [1.29, 1.82) is 0 Å². The molecule has 1 heterocycles. The van der Waals surface area contributed by atoms with E-state index in [0.29, 0.717) is 38.1 Å². The summed E-state index contributed by atoms with van der Waals surface area (Å²) in [6, 6.07) is 7.99. The van der Waals surface area contributed by atoms with Crippen molar-refractivity contribution in [1.82, 2.24) is 15.5 Å². The molecule has 2 bridgehead atoms. The van der Waals surface area contributed by atoms with E-state index in [-0.39, 0.29) is 59.5 Å². The predicted octanol–water partition coefficient (Wildman–Crippen LogP) is 2.81. The van der Waals surface area contributed by atoms with E-state index in [2.05, 4.69) is 41.6 Å². The lowest BCUT2D eigenvalue weighted by molar-refractivity contribution is -0.140. The average Bonchev–Trinajstić information content (AvgIpc) is 3.44. The predicted molar refractivity (Wildman–Crippen MR) is 135 cm³/mol. The van der Waals surface area contributed by atoms with Gasteiger partial charge in [-0.2, -0.15) is 0 Å². The lowest BCUT2D eigenvalue weighted by atomic mass is 9.85. The van der Waals surface area contributed by atoms with Gasteiger partial charge in [0, 0.05) is 26.7 Å². The van der Waals surface area contributed by atoms with Crippen molar-refractivity contribution in [3.8, 4) is 5.75 Å². The Morgan fingerprint density at radius 1 is 1.16 bits per heavy atom. The van der Waals surface area contributed by atoms with E-state index in [1.165, 1.54) is 4.90 Å². The first-order valence-corrected chi connectivity index (χ1v) is 11.2. The van der Waals surface area contributed by atoms with Crippen LogP contribution in [0.5, 0.6) is 5.75 Å². The number of amides is 2. The Balaban J connectivity index is 0.00000289. The van der Waals surface area contributed by atoms with Gasteiger partial charge in [-0.3, -0.25) is 19.5 Å². The topological polar surface area (TPSA) is 83.0 Å². The minimum Gasteiger partial charge on any atom is -0.493 e. The number of imide groups is 1. The second-order valence-electron chi connectivity index (χ2n) is 9.03. The molecule has 8 heteroatoms. The maximum atomic E-state index is 12.8. The smallest absolute Gasteiger partial charge is 0.233 e. The van der Waals surface area contributed by atoms with E-state index in [9.17, 15) is 9.59 Å². The molecule has 1 aromatic carbocycles. The molecule has 0 radical (unpaired) electrons. The molecule has 2 fully saturated rings. The molecule has 1 aliphatic heterocycles. The number of aliphatic imine (C=N–C) groups is 1. The molecule has 4 rings (SSSR count). The van der Waals surface area contributed by atoms with Crippen LogP contribution in [0.4, 0.5) is 0 Å². The van der Waals surface area contributed by atoms with Crippen LogP contribution >= 0.6 is 24.0 Å². The number of carbonyl (C=O) groups excluding carboxylic acids is 2. The van der Waals surface area contributed by atoms with Crippen molar-refractivity contribution in [2.45, 2.75) is 26.8 Å². The molecule has 1 aromatic rings.